The number of nitrogens with one attached hydrogen (secondary N) is 1. The quantitative estimate of drug-likeness (QED) is 0.787. The third kappa shape index (κ3) is 2.25. The molecule has 0 bridgehead atoms. The van der Waals surface area contributed by atoms with Crippen molar-refractivity contribution in [3.63, 3.8) is 0 Å². The molecule has 0 saturated carbocycles. The van der Waals surface area contributed by atoms with Gasteiger partial charge in [-0.2, -0.15) is 0 Å². The van der Waals surface area contributed by atoms with Gasteiger partial charge in [0.2, 0.25) is 10.0 Å². The van der Waals surface area contributed by atoms with Crippen LogP contribution in [0.25, 0.3) is 0 Å². The van der Waals surface area contributed by atoms with Gasteiger partial charge in [-0.05, 0) is 17.7 Å². The Balaban J connectivity index is 0.00000112. The normalized spacial score (nSPS) is 18.9. The second kappa shape index (κ2) is 4.00. The van der Waals surface area contributed by atoms with E-state index in [1.54, 1.807) is 12.1 Å². The number of rotatable bonds is 1. The van der Waals surface area contributed by atoms with E-state index in [0.29, 0.717) is 5.92 Å². The van der Waals surface area contributed by atoms with Gasteiger partial charge in [-0.1, -0.05) is 13.0 Å². The Kier molecular flexibility index (Phi) is 3.28. The number of nitrogens with two attached hydrogens (primary N) is 1. The van der Waals surface area contributed by atoms with E-state index in [9.17, 15) is 8.42 Å². The second-order valence-corrected chi connectivity index (χ2v) is 5.14. The van der Waals surface area contributed by atoms with Gasteiger partial charge < -0.3 is 5.32 Å². The molecule has 1 aliphatic heterocycles. The Hall–Kier alpha value is -0.780. The minimum absolute atomic E-state index is 0. The zero-order valence-corrected chi connectivity index (χ0v) is 9.86. The van der Waals surface area contributed by atoms with Crippen molar-refractivity contribution in [3.8, 4) is 0 Å². The smallest absolute Gasteiger partial charge is 0.238 e. The number of anilines is 1. The molecule has 0 aromatic heterocycles. The van der Waals surface area contributed by atoms with Gasteiger partial charge in [-0.15, -0.1) is 12.4 Å². The van der Waals surface area contributed by atoms with Crippen molar-refractivity contribution in [2.75, 3.05) is 11.9 Å². The van der Waals surface area contributed by atoms with Crippen LogP contribution in [-0.2, 0) is 10.0 Å². The fourth-order valence-electron chi connectivity index (χ4n) is 1.67. The van der Waals surface area contributed by atoms with Crippen LogP contribution in [0, 0.1) is 0 Å². The van der Waals surface area contributed by atoms with Crippen LogP contribution < -0.4 is 10.5 Å². The number of halogens is 1. The largest absolute Gasteiger partial charge is 0.384 e. The van der Waals surface area contributed by atoms with E-state index in [1.165, 1.54) is 0 Å². The van der Waals surface area contributed by atoms with Crippen molar-refractivity contribution < 1.29 is 8.42 Å². The lowest BCUT2D eigenvalue weighted by molar-refractivity contribution is 0.598. The summed E-state index contributed by atoms with van der Waals surface area (Å²) in [4.78, 5) is 0.165. The fourth-order valence-corrected chi connectivity index (χ4v) is 2.21. The molecule has 0 aliphatic carbocycles. The Morgan fingerprint density at radius 2 is 2.13 bits per heavy atom. The highest BCUT2D eigenvalue weighted by atomic mass is 35.5. The zero-order chi connectivity index (χ0) is 10.3. The lowest BCUT2D eigenvalue weighted by Crippen LogP contribution is -2.12. The summed E-state index contributed by atoms with van der Waals surface area (Å²) in [6.07, 6.45) is 0. The molecule has 15 heavy (non-hydrogen) atoms. The van der Waals surface area contributed by atoms with Crippen LogP contribution in [0.3, 0.4) is 0 Å². The predicted molar refractivity (Wildman–Crippen MR) is 62.0 cm³/mol. The Morgan fingerprint density at radius 3 is 2.73 bits per heavy atom. The van der Waals surface area contributed by atoms with E-state index >= 15 is 0 Å². The lowest BCUT2D eigenvalue weighted by Gasteiger charge is -2.04. The van der Waals surface area contributed by atoms with E-state index in [-0.39, 0.29) is 17.3 Å². The number of sulfonamides is 1. The molecule has 3 N–H and O–H groups in total. The molecule has 0 spiro atoms. The molecule has 0 amide bonds. The molecular formula is C9H13ClN2O2S. The number of benzene rings is 1. The lowest BCUT2D eigenvalue weighted by atomic mass is 10.0. The zero-order valence-electron chi connectivity index (χ0n) is 8.23. The van der Waals surface area contributed by atoms with Crippen molar-refractivity contribution in [1.29, 1.82) is 0 Å². The van der Waals surface area contributed by atoms with Crippen molar-refractivity contribution in [3.05, 3.63) is 23.8 Å². The average Bonchev–Trinajstić information content (AvgIpc) is 2.46. The summed E-state index contributed by atoms with van der Waals surface area (Å²) in [5, 5.41) is 8.17. The third-order valence-corrected chi connectivity index (χ3v) is 3.39. The van der Waals surface area contributed by atoms with Crippen LogP contribution in [0.4, 0.5) is 5.69 Å². The number of primary sulfonamides is 1. The van der Waals surface area contributed by atoms with Gasteiger partial charge in [-0.25, -0.2) is 13.6 Å². The Morgan fingerprint density at radius 1 is 1.47 bits per heavy atom. The highest BCUT2D eigenvalue weighted by molar-refractivity contribution is 7.89. The number of hydrogen-bond acceptors (Lipinski definition) is 3. The van der Waals surface area contributed by atoms with Gasteiger partial charge in [0, 0.05) is 18.2 Å². The van der Waals surface area contributed by atoms with Gasteiger partial charge in [0.25, 0.3) is 0 Å². The maximum absolute atomic E-state index is 11.1. The topological polar surface area (TPSA) is 72.2 Å². The summed E-state index contributed by atoms with van der Waals surface area (Å²) in [6.45, 7) is 2.94. The Labute approximate surface area is 95.3 Å². The second-order valence-electron chi connectivity index (χ2n) is 3.58. The van der Waals surface area contributed by atoms with Crippen LogP contribution in [-0.4, -0.2) is 15.0 Å². The molecule has 2 rings (SSSR count). The number of fused-ring (bicyclic) bond motifs is 1. The minimum Gasteiger partial charge on any atom is -0.384 e. The molecule has 1 heterocycles. The molecule has 0 radical (unpaired) electrons. The molecule has 4 nitrogen and oxygen atoms in total. The Bertz CT molecular complexity index is 473. The first kappa shape index (κ1) is 12.3. The number of hydrogen-bond donors (Lipinski definition) is 2. The molecule has 6 heteroatoms. The van der Waals surface area contributed by atoms with E-state index in [4.69, 9.17) is 5.14 Å². The highest BCUT2D eigenvalue weighted by Gasteiger charge is 2.19. The first-order valence-electron chi connectivity index (χ1n) is 4.39. The molecule has 1 aromatic carbocycles. The predicted octanol–water partition coefficient (Wildman–Crippen LogP) is 1.28. The standard InChI is InChI=1S/C9H12N2O2S.ClH/c1-6-5-11-9-4-7(14(10,12)13)2-3-8(6)9;/h2-4,6,11H,5H2,1H3,(H2,10,12,13);1H. The molecular weight excluding hydrogens is 236 g/mol. The van der Waals surface area contributed by atoms with Crippen molar-refractivity contribution in [2.24, 2.45) is 5.14 Å². The van der Waals surface area contributed by atoms with E-state index in [1.807, 2.05) is 6.07 Å². The van der Waals surface area contributed by atoms with Crippen molar-refractivity contribution >= 4 is 28.1 Å². The van der Waals surface area contributed by atoms with Gasteiger partial charge in [0.15, 0.2) is 0 Å². The first-order valence-corrected chi connectivity index (χ1v) is 5.94. The molecule has 1 atom stereocenters. The summed E-state index contributed by atoms with van der Waals surface area (Å²) in [7, 11) is -3.58. The summed E-state index contributed by atoms with van der Waals surface area (Å²) >= 11 is 0. The fraction of sp³-hybridized carbons (Fsp3) is 0.333. The SMILES string of the molecule is CC1CNc2cc(S(N)(=O)=O)ccc21.Cl. The average molecular weight is 249 g/mol. The summed E-state index contributed by atoms with van der Waals surface area (Å²) < 4.78 is 22.1. The van der Waals surface area contributed by atoms with Crippen LogP contribution in [0.15, 0.2) is 23.1 Å². The summed E-state index contributed by atoms with van der Waals surface area (Å²) in [5.41, 5.74) is 2.03. The summed E-state index contributed by atoms with van der Waals surface area (Å²) in [5.74, 6) is 0.430. The van der Waals surface area contributed by atoms with E-state index < -0.39 is 10.0 Å². The van der Waals surface area contributed by atoms with Crippen LogP contribution >= 0.6 is 12.4 Å². The van der Waals surface area contributed by atoms with Crippen molar-refractivity contribution in [2.45, 2.75) is 17.7 Å². The van der Waals surface area contributed by atoms with E-state index in [0.717, 1.165) is 17.8 Å². The molecule has 1 aliphatic rings. The van der Waals surface area contributed by atoms with Crippen LogP contribution in [0.1, 0.15) is 18.4 Å². The molecule has 1 unspecified atom stereocenters. The summed E-state index contributed by atoms with van der Waals surface area (Å²) in [6, 6.07) is 4.96. The van der Waals surface area contributed by atoms with Gasteiger partial charge in [0.05, 0.1) is 4.90 Å². The first-order chi connectivity index (χ1) is 6.48. The van der Waals surface area contributed by atoms with Crippen LogP contribution in [0.2, 0.25) is 0 Å². The highest BCUT2D eigenvalue weighted by Crippen LogP contribution is 2.32. The van der Waals surface area contributed by atoms with Gasteiger partial charge in [-0.3, -0.25) is 0 Å². The minimum atomic E-state index is -3.58. The molecule has 84 valence electrons. The van der Waals surface area contributed by atoms with Crippen LogP contribution in [0.5, 0.6) is 0 Å². The van der Waals surface area contributed by atoms with Gasteiger partial charge in [0.1, 0.15) is 0 Å². The monoisotopic (exact) mass is 248 g/mol. The molecule has 0 saturated heterocycles. The third-order valence-electron chi connectivity index (χ3n) is 2.48. The molecule has 1 aromatic rings. The maximum atomic E-state index is 11.1. The maximum Gasteiger partial charge on any atom is 0.238 e. The molecule has 0 fully saturated rings. The van der Waals surface area contributed by atoms with Crippen molar-refractivity contribution in [1.82, 2.24) is 0 Å². The van der Waals surface area contributed by atoms with E-state index in [2.05, 4.69) is 12.2 Å². The van der Waals surface area contributed by atoms with Gasteiger partial charge >= 0.3 is 0 Å².